The fraction of sp³-hybridized carbons (Fsp3) is 0.500. The van der Waals surface area contributed by atoms with E-state index in [4.69, 9.17) is 11.6 Å². The summed E-state index contributed by atoms with van der Waals surface area (Å²) in [7, 11) is 0. The van der Waals surface area contributed by atoms with Crippen LogP contribution in [0.1, 0.15) is 19.4 Å². The van der Waals surface area contributed by atoms with E-state index in [1.54, 1.807) is 0 Å². The summed E-state index contributed by atoms with van der Waals surface area (Å²) < 4.78 is 1.84. The van der Waals surface area contributed by atoms with Crippen LogP contribution in [0.4, 0.5) is 0 Å². The van der Waals surface area contributed by atoms with E-state index in [1.165, 1.54) is 6.33 Å². The van der Waals surface area contributed by atoms with Crippen molar-refractivity contribution in [2.24, 2.45) is 5.92 Å². The van der Waals surface area contributed by atoms with E-state index in [-0.39, 0.29) is 0 Å². The van der Waals surface area contributed by atoms with Crippen LogP contribution in [0.25, 0.3) is 11.2 Å². The molecule has 72 valence electrons. The molecule has 0 saturated heterocycles. The summed E-state index contributed by atoms with van der Waals surface area (Å²) in [6.07, 6.45) is 2.58. The highest BCUT2D eigenvalue weighted by molar-refractivity contribution is 6.33. The van der Waals surface area contributed by atoms with Crippen molar-refractivity contribution in [3.63, 3.8) is 0 Å². The van der Waals surface area contributed by atoms with Gasteiger partial charge in [-0.05, 0) is 12.3 Å². The predicted octanol–water partition coefficient (Wildman–Crippen LogP) is 1.46. The first kappa shape index (κ1) is 8.11. The van der Waals surface area contributed by atoms with Crippen LogP contribution < -0.4 is 0 Å². The van der Waals surface area contributed by atoms with Gasteiger partial charge in [0.2, 0.25) is 0 Å². The lowest BCUT2D eigenvalue weighted by Crippen LogP contribution is -1.99. The van der Waals surface area contributed by atoms with Crippen LogP contribution in [0, 0.1) is 5.92 Å². The minimum Gasteiger partial charge on any atom is -0.224 e. The average Bonchev–Trinajstić information content (AvgIpc) is 2.75. The van der Waals surface area contributed by atoms with Gasteiger partial charge in [-0.3, -0.25) is 0 Å². The predicted molar refractivity (Wildman–Crippen MR) is 50.9 cm³/mol. The molecule has 2 atom stereocenters. The fourth-order valence-electron chi connectivity index (χ4n) is 1.60. The van der Waals surface area contributed by atoms with E-state index >= 15 is 0 Å². The number of nitrogens with zero attached hydrogens (tertiary/aromatic N) is 5. The molecule has 1 aliphatic rings. The molecule has 0 aliphatic heterocycles. The van der Waals surface area contributed by atoms with Crippen molar-refractivity contribution in [2.45, 2.75) is 19.4 Å². The second-order valence-electron chi connectivity index (χ2n) is 3.65. The molecule has 6 heteroatoms. The summed E-state index contributed by atoms with van der Waals surface area (Å²) in [5.41, 5.74) is 1.33. The zero-order chi connectivity index (χ0) is 9.71. The van der Waals surface area contributed by atoms with Crippen molar-refractivity contribution >= 4 is 22.8 Å². The normalized spacial score (nSPS) is 25.6. The molecule has 2 heterocycles. The van der Waals surface area contributed by atoms with Crippen LogP contribution in [0.2, 0.25) is 5.15 Å². The lowest BCUT2D eigenvalue weighted by Gasteiger charge is -1.97. The topological polar surface area (TPSA) is 56.5 Å². The number of fused-ring (bicyclic) bond motifs is 1. The molecule has 0 amide bonds. The van der Waals surface area contributed by atoms with Gasteiger partial charge in [0.1, 0.15) is 6.33 Å². The Labute approximate surface area is 85.1 Å². The summed E-state index contributed by atoms with van der Waals surface area (Å²) in [6, 6.07) is 0.436. The average molecular weight is 210 g/mol. The Balaban J connectivity index is 2.22. The maximum Gasteiger partial charge on any atom is 0.183 e. The third-order valence-electron chi connectivity index (χ3n) is 2.60. The van der Waals surface area contributed by atoms with E-state index < -0.39 is 0 Å². The second kappa shape index (κ2) is 2.63. The number of halogens is 1. The molecule has 0 aromatic carbocycles. The first-order valence-electron chi connectivity index (χ1n) is 4.49. The largest absolute Gasteiger partial charge is 0.224 e. The van der Waals surface area contributed by atoms with Crippen molar-refractivity contribution in [3.05, 3.63) is 11.5 Å². The van der Waals surface area contributed by atoms with Gasteiger partial charge in [0.05, 0.1) is 6.04 Å². The highest BCUT2D eigenvalue weighted by atomic mass is 35.5. The monoisotopic (exact) mass is 209 g/mol. The molecule has 3 rings (SSSR count). The van der Waals surface area contributed by atoms with E-state index in [9.17, 15) is 0 Å². The molecule has 0 N–H and O–H groups in total. The van der Waals surface area contributed by atoms with Crippen molar-refractivity contribution in [1.29, 1.82) is 0 Å². The first-order chi connectivity index (χ1) is 6.77. The first-order valence-corrected chi connectivity index (χ1v) is 4.86. The third-order valence-corrected chi connectivity index (χ3v) is 2.87. The Morgan fingerprint density at radius 1 is 1.50 bits per heavy atom. The lowest BCUT2D eigenvalue weighted by molar-refractivity contribution is 0.592. The van der Waals surface area contributed by atoms with E-state index in [2.05, 4.69) is 27.2 Å². The van der Waals surface area contributed by atoms with Crippen molar-refractivity contribution in [3.8, 4) is 0 Å². The van der Waals surface area contributed by atoms with Gasteiger partial charge in [-0.2, -0.15) is 0 Å². The Bertz CT molecular complexity index is 493. The van der Waals surface area contributed by atoms with E-state index in [0.29, 0.717) is 22.6 Å². The molecule has 0 bridgehead atoms. The summed E-state index contributed by atoms with van der Waals surface area (Å²) in [6.45, 7) is 2.18. The summed E-state index contributed by atoms with van der Waals surface area (Å²) in [5, 5.41) is 8.39. The van der Waals surface area contributed by atoms with Gasteiger partial charge in [0.15, 0.2) is 16.3 Å². The van der Waals surface area contributed by atoms with Crippen molar-refractivity contribution in [1.82, 2.24) is 25.0 Å². The van der Waals surface area contributed by atoms with Gasteiger partial charge in [0.25, 0.3) is 0 Å². The Morgan fingerprint density at radius 2 is 2.29 bits per heavy atom. The molecular formula is C8H8ClN5. The molecule has 0 spiro atoms. The maximum absolute atomic E-state index is 5.86. The van der Waals surface area contributed by atoms with Crippen LogP contribution in [0.3, 0.4) is 0 Å². The highest BCUT2D eigenvalue weighted by Gasteiger charge is 2.37. The Morgan fingerprint density at radius 3 is 3.00 bits per heavy atom. The van der Waals surface area contributed by atoms with Crippen molar-refractivity contribution < 1.29 is 0 Å². The Kier molecular flexibility index (Phi) is 1.53. The number of hydrogen-bond donors (Lipinski definition) is 0. The molecule has 2 unspecified atom stereocenters. The number of rotatable bonds is 1. The summed E-state index contributed by atoms with van der Waals surface area (Å²) in [5.74, 6) is 0.661. The molecule has 0 radical (unpaired) electrons. The lowest BCUT2D eigenvalue weighted by atomic mass is 10.5. The van der Waals surface area contributed by atoms with E-state index in [0.717, 1.165) is 12.1 Å². The van der Waals surface area contributed by atoms with Crippen LogP contribution in [-0.2, 0) is 0 Å². The van der Waals surface area contributed by atoms with Crippen LogP contribution >= 0.6 is 11.6 Å². The highest BCUT2D eigenvalue weighted by Crippen LogP contribution is 2.43. The molecule has 1 fully saturated rings. The van der Waals surface area contributed by atoms with Crippen LogP contribution in [-0.4, -0.2) is 25.0 Å². The third kappa shape index (κ3) is 1.02. The Hall–Kier alpha value is -1.23. The SMILES string of the molecule is CC1CC1n1nnc2c(Cl)ncnc21. The second-order valence-corrected chi connectivity index (χ2v) is 4.01. The fourth-order valence-corrected chi connectivity index (χ4v) is 1.77. The van der Waals surface area contributed by atoms with Gasteiger partial charge in [-0.1, -0.05) is 23.7 Å². The molecule has 1 saturated carbocycles. The zero-order valence-electron chi connectivity index (χ0n) is 7.55. The summed E-state index contributed by atoms with van der Waals surface area (Å²) >= 11 is 5.86. The standard InChI is InChI=1S/C8H8ClN5/c1-4-2-5(4)14-8-6(12-13-14)7(9)10-3-11-8/h3-5H,2H2,1H3. The molecule has 5 nitrogen and oxygen atoms in total. The van der Waals surface area contributed by atoms with Gasteiger partial charge in [0, 0.05) is 0 Å². The van der Waals surface area contributed by atoms with Gasteiger partial charge < -0.3 is 0 Å². The summed E-state index contributed by atoms with van der Waals surface area (Å²) in [4.78, 5) is 8.00. The molecular weight excluding hydrogens is 202 g/mol. The minimum atomic E-state index is 0.370. The maximum atomic E-state index is 5.86. The van der Waals surface area contributed by atoms with Crippen LogP contribution in [0.15, 0.2) is 6.33 Å². The van der Waals surface area contributed by atoms with Gasteiger partial charge in [-0.25, -0.2) is 14.6 Å². The molecule has 2 aromatic rings. The molecule has 2 aromatic heterocycles. The minimum absolute atomic E-state index is 0.370. The van der Waals surface area contributed by atoms with Gasteiger partial charge >= 0.3 is 0 Å². The van der Waals surface area contributed by atoms with Gasteiger partial charge in [-0.15, -0.1) is 5.10 Å². The quantitative estimate of drug-likeness (QED) is 0.668. The number of aromatic nitrogens is 5. The smallest absolute Gasteiger partial charge is 0.183 e. The van der Waals surface area contributed by atoms with Crippen LogP contribution in [0.5, 0.6) is 0 Å². The molecule has 14 heavy (non-hydrogen) atoms. The molecule has 1 aliphatic carbocycles. The zero-order valence-corrected chi connectivity index (χ0v) is 8.31. The number of hydrogen-bond acceptors (Lipinski definition) is 4. The van der Waals surface area contributed by atoms with E-state index in [1.807, 2.05) is 4.68 Å². The van der Waals surface area contributed by atoms with Crippen molar-refractivity contribution in [2.75, 3.05) is 0 Å².